The number of aliphatic imine (C=N–C) groups is 1. The normalized spacial score (nSPS) is 11.3. The second-order valence-corrected chi connectivity index (χ2v) is 6.61. The number of nitrogens with one attached hydrogen (secondary N) is 2. The fraction of sp³-hybridized carbons (Fsp3) is 0.381. The van der Waals surface area contributed by atoms with Gasteiger partial charge in [-0.1, -0.05) is 18.2 Å². The van der Waals surface area contributed by atoms with Gasteiger partial charge in [0.25, 0.3) is 0 Å². The Labute approximate surface area is 183 Å². The molecule has 2 heterocycles. The van der Waals surface area contributed by atoms with Crippen molar-refractivity contribution in [2.75, 3.05) is 13.1 Å². The molecule has 0 spiro atoms. The highest BCUT2D eigenvalue weighted by Gasteiger charge is 2.03. The van der Waals surface area contributed by atoms with E-state index in [-0.39, 0.29) is 24.0 Å². The van der Waals surface area contributed by atoms with Crippen molar-refractivity contribution in [1.82, 2.24) is 25.4 Å². The van der Waals surface area contributed by atoms with E-state index >= 15 is 0 Å². The molecule has 0 aliphatic rings. The molecule has 0 saturated carbocycles. The largest absolute Gasteiger partial charge is 0.357 e. The molecule has 28 heavy (non-hydrogen) atoms. The Morgan fingerprint density at radius 2 is 1.96 bits per heavy atom. The fourth-order valence-electron chi connectivity index (χ4n) is 3.14. The summed E-state index contributed by atoms with van der Waals surface area (Å²) in [4.78, 5) is 9.16. The van der Waals surface area contributed by atoms with Crippen molar-refractivity contribution in [1.29, 1.82) is 0 Å². The first-order valence-electron chi connectivity index (χ1n) is 9.53. The number of aryl methyl sites for hydroxylation is 3. The summed E-state index contributed by atoms with van der Waals surface area (Å²) in [7, 11) is 0. The van der Waals surface area contributed by atoms with Crippen molar-refractivity contribution < 1.29 is 0 Å². The van der Waals surface area contributed by atoms with Gasteiger partial charge in [0.05, 0.1) is 17.8 Å². The summed E-state index contributed by atoms with van der Waals surface area (Å²) in [5.41, 5.74) is 4.46. The number of fused-ring (bicyclic) bond motifs is 1. The summed E-state index contributed by atoms with van der Waals surface area (Å²) < 4.78 is 2.06. The van der Waals surface area contributed by atoms with Gasteiger partial charge in [0.2, 0.25) is 0 Å². The van der Waals surface area contributed by atoms with Gasteiger partial charge in [-0.2, -0.15) is 5.10 Å². The number of hydrogen-bond donors (Lipinski definition) is 2. The molecule has 7 heteroatoms. The molecule has 3 aromatic rings. The van der Waals surface area contributed by atoms with E-state index in [1.807, 2.05) is 37.4 Å². The van der Waals surface area contributed by atoms with Crippen molar-refractivity contribution in [3.05, 3.63) is 59.5 Å². The lowest BCUT2D eigenvalue weighted by Crippen LogP contribution is -2.38. The van der Waals surface area contributed by atoms with Gasteiger partial charge in [-0.3, -0.25) is 9.67 Å². The number of rotatable bonds is 7. The third kappa shape index (κ3) is 5.92. The van der Waals surface area contributed by atoms with Crippen LogP contribution in [0.15, 0.2) is 47.6 Å². The number of benzene rings is 1. The monoisotopic (exact) mass is 492 g/mol. The molecule has 0 amide bonds. The molecule has 1 aromatic carbocycles. The average molecular weight is 492 g/mol. The Morgan fingerprint density at radius 1 is 1.14 bits per heavy atom. The van der Waals surface area contributed by atoms with E-state index in [4.69, 9.17) is 4.99 Å². The lowest BCUT2D eigenvalue weighted by molar-refractivity contribution is 0.555. The average Bonchev–Trinajstić information content (AvgIpc) is 3.00. The predicted octanol–water partition coefficient (Wildman–Crippen LogP) is 3.81. The number of para-hydroxylation sites is 1. The van der Waals surface area contributed by atoms with Crippen LogP contribution in [0.1, 0.15) is 30.3 Å². The van der Waals surface area contributed by atoms with Gasteiger partial charge in [0, 0.05) is 36.9 Å². The standard InChI is InChI=1S/C21H28N6.HI/c1-4-22-21(24-11-7-13-27-17(3)14-16(2)26-27)25-15-18-10-12-23-20-9-6-5-8-19(18)20;/h5-6,8-10,12,14H,4,7,11,13,15H2,1-3H3,(H2,22,24,25);1H. The molecule has 2 N–H and O–H groups in total. The summed E-state index contributed by atoms with van der Waals surface area (Å²) in [6.45, 7) is 9.41. The first kappa shape index (κ1) is 22.1. The minimum Gasteiger partial charge on any atom is -0.357 e. The van der Waals surface area contributed by atoms with E-state index in [9.17, 15) is 0 Å². The molecule has 150 valence electrons. The Hall–Kier alpha value is -2.16. The lowest BCUT2D eigenvalue weighted by atomic mass is 10.1. The van der Waals surface area contributed by atoms with Gasteiger partial charge in [-0.15, -0.1) is 24.0 Å². The zero-order valence-corrected chi connectivity index (χ0v) is 19.1. The molecule has 3 rings (SSSR count). The predicted molar refractivity (Wildman–Crippen MR) is 126 cm³/mol. The second-order valence-electron chi connectivity index (χ2n) is 6.61. The molecule has 0 atom stereocenters. The van der Waals surface area contributed by atoms with Gasteiger partial charge in [0.15, 0.2) is 5.96 Å². The van der Waals surface area contributed by atoms with Crippen LogP contribution in [0.3, 0.4) is 0 Å². The van der Waals surface area contributed by atoms with Crippen molar-refractivity contribution >= 4 is 40.8 Å². The SMILES string of the molecule is CCNC(=NCc1ccnc2ccccc12)NCCCn1nc(C)cc1C.I. The van der Waals surface area contributed by atoms with Gasteiger partial charge >= 0.3 is 0 Å². The van der Waals surface area contributed by atoms with E-state index in [0.717, 1.165) is 48.6 Å². The summed E-state index contributed by atoms with van der Waals surface area (Å²) in [5, 5.41) is 12.4. The van der Waals surface area contributed by atoms with Crippen molar-refractivity contribution in [3.63, 3.8) is 0 Å². The fourth-order valence-corrected chi connectivity index (χ4v) is 3.14. The number of pyridine rings is 1. The van der Waals surface area contributed by atoms with Crippen molar-refractivity contribution in [3.8, 4) is 0 Å². The van der Waals surface area contributed by atoms with Crippen LogP contribution in [0.5, 0.6) is 0 Å². The van der Waals surface area contributed by atoms with Gasteiger partial charge in [0.1, 0.15) is 0 Å². The second kappa shape index (κ2) is 11.0. The number of halogens is 1. The maximum Gasteiger partial charge on any atom is 0.191 e. The molecular weight excluding hydrogens is 463 g/mol. The van der Waals surface area contributed by atoms with Gasteiger partial charge < -0.3 is 10.6 Å². The van der Waals surface area contributed by atoms with Crippen molar-refractivity contribution in [2.24, 2.45) is 4.99 Å². The Kier molecular flexibility index (Phi) is 8.69. The molecule has 0 aliphatic carbocycles. The smallest absolute Gasteiger partial charge is 0.191 e. The minimum absolute atomic E-state index is 0. The third-order valence-corrected chi connectivity index (χ3v) is 4.43. The van der Waals surface area contributed by atoms with Crippen LogP contribution in [0, 0.1) is 13.8 Å². The van der Waals surface area contributed by atoms with E-state index in [2.05, 4.69) is 51.4 Å². The van der Waals surface area contributed by atoms with Crippen molar-refractivity contribution in [2.45, 2.75) is 40.3 Å². The van der Waals surface area contributed by atoms with Crippen LogP contribution in [-0.4, -0.2) is 33.8 Å². The lowest BCUT2D eigenvalue weighted by Gasteiger charge is -2.12. The quantitative estimate of drug-likeness (QED) is 0.228. The van der Waals surface area contributed by atoms with Crippen LogP contribution in [0.2, 0.25) is 0 Å². The van der Waals surface area contributed by atoms with Crippen LogP contribution >= 0.6 is 24.0 Å². The molecule has 2 aromatic heterocycles. The maximum absolute atomic E-state index is 4.74. The zero-order valence-electron chi connectivity index (χ0n) is 16.8. The van der Waals surface area contributed by atoms with Crippen LogP contribution in [-0.2, 0) is 13.1 Å². The van der Waals surface area contributed by atoms with Gasteiger partial charge in [-0.05, 0) is 51.0 Å². The number of hydrogen-bond acceptors (Lipinski definition) is 3. The molecule has 0 bridgehead atoms. The summed E-state index contributed by atoms with van der Waals surface area (Å²) in [5.74, 6) is 0.840. The maximum atomic E-state index is 4.74. The molecule has 6 nitrogen and oxygen atoms in total. The number of nitrogens with zero attached hydrogens (tertiary/aromatic N) is 4. The Balaban J connectivity index is 0.00000280. The van der Waals surface area contributed by atoms with E-state index in [0.29, 0.717) is 6.54 Å². The van der Waals surface area contributed by atoms with Crippen LogP contribution < -0.4 is 10.6 Å². The first-order chi connectivity index (χ1) is 13.2. The number of guanidine groups is 1. The van der Waals surface area contributed by atoms with E-state index < -0.39 is 0 Å². The summed E-state index contributed by atoms with van der Waals surface area (Å²) in [6, 6.07) is 12.3. The Morgan fingerprint density at radius 3 is 2.71 bits per heavy atom. The van der Waals surface area contributed by atoms with Crippen LogP contribution in [0.25, 0.3) is 10.9 Å². The van der Waals surface area contributed by atoms with E-state index in [1.165, 1.54) is 11.3 Å². The summed E-state index contributed by atoms with van der Waals surface area (Å²) in [6.07, 6.45) is 2.84. The molecule has 0 fully saturated rings. The molecular formula is C21H29IN6. The highest BCUT2D eigenvalue weighted by molar-refractivity contribution is 14.0. The third-order valence-electron chi connectivity index (χ3n) is 4.43. The first-order valence-corrected chi connectivity index (χ1v) is 9.53. The zero-order chi connectivity index (χ0) is 19.1. The topological polar surface area (TPSA) is 67.1 Å². The Bertz CT molecular complexity index is 913. The molecule has 0 unspecified atom stereocenters. The van der Waals surface area contributed by atoms with E-state index in [1.54, 1.807) is 0 Å². The molecule has 0 saturated heterocycles. The highest BCUT2D eigenvalue weighted by atomic mass is 127. The number of aromatic nitrogens is 3. The molecule has 0 aliphatic heterocycles. The van der Waals surface area contributed by atoms with Gasteiger partial charge in [-0.25, -0.2) is 4.99 Å². The minimum atomic E-state index is 0. The summed E-state index contributed by atoms with van der Waals surface area (Å²) >= 11 is 0. The highest BCUT2D eigenvalue weighted by Crippen LogP contribution is 2.16. The van der Waals surface area contributed by atoms with Crippen LogP contribution in [0.4, 0.5) is 0 Å². The molecule has 0 radical (unpaired) electrons.